The number of hydrogen-bond donors (Lipinski definition) is 2. The van der Waals surface area contributed by atoms with Gasteiger partial charge in [-0.1, -0.05) is 50.1 Å². The van der Waals surface area contributed by atoms with Gasteiger partial charge in [-0.05, 0) is 25.7 Å². The Morgan fingerprint density at radius 1 is 0.824 bits per heavy atom. The van der Waals surface area contributed by atoms with Crippen molar-refractivity contribution in [3.63, 3.8) is 0 Å². The Morgan fingerprint density at radius 3 is 1.35 bits per heavy atom. The van der Waals surface area contributed by atoms with Crippen LogP contribution >= 0.6 is 0 Å². The summed E-state index contributed by atoms with van der Waals surface area (Å²) in [4.78, 5) is 8.36. The van der Waals surface area contributed by atoms with Crippen molar-refractivity contribution in [2.45, 2.75) is 70.6 Å². The van der Waals surface area contributed by atoms with Crippen LogP contribution in [-0.4, -0.2) is 22.5 Å². The summed E-state index contributed by atoms with van der Waals surface area (Å²) >= 11 is 0. The van der Waals surface area contributed by atoms with E-state index in [0.717, 1.165) is 18.6 Å². The van der Waals surface area contributed by atoms with E-state index in [1.165, 1.54) is 57.8 Å². The van der Waals surface area contributed by atoms with Gasteiger partial charge in [0, 0.05) is 0 Å². The van der Waals surface area contributed by atoms with E-state index in [1.54, 1.807) is 0 Å². The van der Waals surface area contributed by atoms with Gasteiger partial charge in [-0.3, -0.25) is 4.79 Å². The molecule has 2 fully saturated rings. The van der Waals surface area contributed by atoms with Gasteiger partial charge >= 0.3 is 0 Å². The van der Waals surface area contributed by atoms with Gasteiger partial charge < -0.3 is 10.3 Å². The molecule has 0 aliphatic heterocycles. The Balaban J connectivity index is 0.000000252. The molecule has 0 aromatic rings. The van der Waals surface area contributed by atoms with Gasteiger partial charge in [-0.25, -0.2) is 0 Å². The predicted molar refractivity (Wildman–Crippen MR) is 68.7 cm³/mol. The van der Waals surface area contributed by atoms with E-state index in [2.05, 4.69) is 5.16 Å². The van der Waals surface area contributed by atoms with Crippen molar-refractivity contribution in [1.29, 1.82) is 0 Å². The largest absolute Gasteiger partial charge is 0.483 e. The number of carbonyl (C=O) groups is 1. The zero-order valence-corrected chi connectivity index (χ0v) is 10.6. The van der Waals surface area contributed by atoms with Crippen LogP contribution in [0.25, 0.3) is 0 Å². The third-order valence-corrected chi connectivity index (χ3v) is 3.07. The van der Waals surface area contributed by atoms with Gasteiger partial charge in [0.05, 0.1) is 5.71 Å². The van der Waals surface area contributed by atoms with Crippen LogP contribution in [0.15, 0.2) is 5.16 Å². The van der Waals surface area contributed by atoms with Crippen molar-refractivity contribution in [3.8, 4) is 0 Å². The lowest BCUT2D eigenvalue weighted by Crippen LogP contribution is -2.03. The maximum absolute atomic E-state index is 8.36. The lowest BCUT2D eigenvalue weighted by atomic mass is 9.99. The zero-order chi connectivity index (χ0) is 12.8. The van der Waals surface area contributed by atoms with Gasteiger partial charge in [-0.2, -0.15) is 0 Å². The van der Waals surface area contributed by atoms with E-state index < -0.39 is 0 Å². The molecule has 17 heavy (non-hydrogen) atoms. The number of oxime groups is 1. The number of rotatable bonds is 0. The van der Waals surface area contributed by atoms with Crippen LogP contribution in [0.1, 0.15) is 70.6 Å². The molecule has 0 radical (unpaired) electrons. The van der Waals surface area contributed by atoms with E-state index in [0.29, 0.717) is 0 Å². The molecule has 0 heterocycles. The molecule has 0 amide bonds. The first-order chi connectivity index (χ1) is 8.35. The van der Waals surface area contributed by atoms with Crippen molar-refractivity contribution in [2.24, 2.45) is 5.16 Å². The van der Waals surface area contributed by atoms with Crippen molar-refractivity contribution in [3.05, 3.63) is 0 Å². The van der Waals surface area contributed by atoms with E-state index in [-0.39, 0.29) is 6.47 Å². The second-order valence-electron chi connectivity index (χ2n) is 4.45. The maximum atomic E-state index is 8.36. The highest BCUT2D eigenvalue weighted by molar-refractivity contribution is 5.84. The lowest BCUT2D eigenvalue weighted by Gasteiger charge is -2.08. The quantitative estimate of drug-likeness (QED) is 0.386. The molecule has 0 aromatic carbocycles. The molecule has 4 heteroatoms. The van der Waals surface area contributed by atoms with Crippen LogP contribution in [0.5, 0.6) is 0 Å². The predicted octanol–water partition coefficient (Wildman–Crippen LogP) is 3.82. The van der Waals surface area contributed by atoms with Crippen molar-refractivity contribution in [1.82, 2.24) is 0 Å². The zero-order valence-electron chi connectivity index (χ0n) is 10.6. The Hall–Kier alpha value is -1.06. The summed E-state index contributed by atoms with van der Waals surface area (Å²) in [6.07, 6.45) is 14.7. The number of hydrogen-bond acceptors (Lipinski definition) is 3. The van der Waals surface area contributed by atoms with Gasteiger partial charge in [0.25, 0.3) is 6.47 Å². The molecule has 0 atom stereocenters. The molecule has 0 saturated heterocycles. The minimum absolute atomic E-state index is 0.250. The minimum Gasteiger partial charge on any atom is -0.483 e. The van der Waals surface area contributed by atoms with Crippen LogP contribution in [0.2, 0.25) is 0 Å². The van der Waals surface area contributed by atoms with Crippen molar-refractivity contribution >= 4 is 12.2 Å². The smallest absolute Gasteiger partial charge is 0.290 e. The molecule has 2 rings (SSSR count). The second-order valence-corrected chi connectivity index (χ2v) is 4.45. The Bertz CT molecular complexity index is 181. The molecule has 4 nitrogen and oxygen atoms in total. The average Bonchev–Trinajstić information content (AvgIpc) is 2.43. The first kappa shape index (κ1) is 15.9. The molecule has 2 aliphatic carbocycles. The standard InChI is InChI=1S/C6H11NO.C6H12.CH2O2/c8-7-6-4-2-1-3-5-6;1-2-4-6-5-3-1;2-1-3/h8H,1-5H2;1-6H2;1H,(H,2,3). The van der Waals surface area contributed by atoms with E-state index in [9.17, 15) is 0 Å². The molecule has 2 saturated carbocycles. The van der Waals surface area contributed by atoms with Gasteiger partial charge in [-0.15, -0.1) is 0 Å². The fourth-order valence-electron chi connectivity index (χ4n) is 2.12. The summed E-state index contributed by atoms with van der Waals surface area (Å²) in [7, 11) is 0. The lowest BCUT2D eigenvalue weighted by molar-refractivity contribution is -0.122. The van der Waals surface area contributed by atoms with Crippen LogP contribution in [-0.2, 0) is 4.79 Å². The Morgan fingerprint density at radius 2 is 1.12 bits per heavy atom. The van der Waals surface area contributed by atoms with Crippen molar-refractivity contribution in [2.75, 3.05) is 0 Å². The van der Waals surface area contributed by atoms with Gasteiger partial charge in [0.15, 0.2) is 0 Å². The van der Waals surface area contributed by atoms with Gasteiger partial charge in [0.2, 0.25) is 0 Å². The molecular weight excluding hydrogens is 218 g/mol. The van der Waals surface area contributed by atoms with Crippen LogP contribution < -0.4 is 0 Å². The SMILES string of the molecule is C1CCCCC1.O=CO.ON=C1CCCCC1. The van der Waals surface area contributed by atoms with E-state index >= 15 is 0 Å². The first-order valence-electron chi connectivity index (χ1n) is 6.62. The van der Waals surface area contributed by atoms with Crippen molar-refractivity contribution < 1.29 is 15.1 Å². The monoisotopic (exact) mass is 243 g/mol. The molecule has 0 aromatic heterocycles. The minimum atomic E-state index is -0.250. The summed E-state index contributed by atoms with van der Waals surface area (Å²) in [6, 6.07) is 0. The Kier molecular flexibility index (Phi) is 12.2. The maximum Gasteiger partial charge on any atom is 0.290 e. The molecule has 2 aliphatic rings. The highest BCUT2D eigenvalue weighted by Crippen LogP contribution is 2.15. The summed E-state index contributed by atoms with van der Waals surface area (Å²) in [5.74, 6) is 0. The number of carboxylic acid groups (broad SMARTS) is 1. The van der Waals surface area contributed by atoms with E-state index in [1.807, 2.05) is 0 Å². The summed E-state index contributed by atoms with van der Waals surface area (Å²) in [6.45, 7) is -0.250. The fourth-order valence-corrected chi connectivity index (χ4v) is 2.12. The van der Waals surface area contributed by atoms with E-state index in [4.69, 9.17) is 15.1 Å². The molecule has 0 unspecified atom stereocenters. The third-order valence-electron chi connectivity index (χ3n) is 3.07. The van der Waals surface area contributed by atoms with Crippen LogP contribution in [0, 0.1) is 0 Å². The second kappa shape index (κ2) is 13.0. The topological polar surface area (TPSA) is 69.9 Å². The summed E-state index contributed by atoms with van der Waals surface area (Å²) in [5, 5.41) is 18.3. The summed E-state index contributed by atoms with van der Waals surface area (Å²) < 4.78 is 0. The normalized spacial score (nSPS) is 18.9. The highest BCUT2D eigenvalue weighted by Gasteiger charge is 2.05. The Labute approximate surface area is 104 Å². The molecule has 100 valence electrons. The highest BCUT2D eigenvalue weighted by atomic mass is 16.4. The molecule has 0 spiro atoms. The van der Waals surface area contributed by atoms with Crippen LogP contribution in [0.4, 0.5) is 0 Å². The third kappa shape index (κ3) is 11.2. The van der Waals surface area contributed by atoms with Crippen LogP contribution in [0.3, 0.4) is 0 Å². The van der Waals surface area contributed by atoms with Gasteiger partial charge in [0.1, 0.15) is 0 Å². The summed E-state index contributed by atoms with van der Waals surface area (Å²) in [5.41, 5.74) is 0.983. The molecule has 2 N–H and O–H groups in total. The fraction of sp³-hybridized carbons (Fsp3) is 0.846. The number of nitrogens with zero attached hydrogens (tertiary/aromatic N) is 1. The molecule has 0 bridgehead atoms. The average molecular weight is 243 g/mol. The molecular formula is C13H25NO3. The first-order valence-corrected chi connectivity index (χ1v) is 6.62.